The van der Waals surface area contributed by atoms with E-state index in [1.165, 1.54) is 13.2 Å². The van der Waals surface area contributed by atoms with E-state index in [4.69, 9.17) is 4.42 Å². The van der Waals surface area contributed by atoms with E-state index in [9.17, 15) is 18.0 Å². The Hall–Kier alpha value is -2.38. The molecular formula is C16H16F3N3O2. The zero-order chi connectivity index (χ0) is 17.3. The van der Waals surface area contributed by atoms with Crippen molar-refractivity contribution in [3.05, 3.63) is 46.9 Å². The molecule has 0 bridgehead atoms. The van der Waals surface area contributed by atoms with Gasteiger partial charge in [0.25, 0.3) is 0 Å². The largest absolute Gasteiger partial charge is 0.467 e. The Balaban J connectivity index is 1.77. The zero-order valence-electron chi connectivity index (χ0n) is 13.0. The van der Waals surface area contributed by atoms with Crippen molar-refractivity contribution in [2.45, 2.75) is 38.9 Å². The van der Waals surface area contributed by atoms with Crippen molar-refractivity contribution in [3.63, 3.8) is 0 Å². The molecule has 24 heavy (non-hydrogen) atoms. The predicted molar refractivity (Wildman–Crippen MR) is 77.8 cm³/mol. The summed E-state index contributed by atoms with van der Waals surface area (Å²) in [6.45, 7) is 1.66. The number of halogens is 3. The van der Waals surface area contributed by atoms with Gasteiger partial charge in [0.1, 0.15) is 11.6 Å². The second-order valence-electron chi connectivity index (χ2n) is 5.78. The molecule has 2 aromatic rings. The molecule has 0 spiro atoms. The molecule has 0 aliphatic heterocycles. The van der Waals surface area contributed by atoms with Crippen LogP contribution in [0, 0.1) is 12.8 Å². The highest BCUT2D eigenvalue weighted by Crippen LogP contribution is 2.35. The molecule has 1 atom stereocenters. The molecule has 1 aliphatic rings. The molecular weight excluding hydrogens is 323 g/mol. The lowest BCUT2D eigenvalue weighted by Crippen LogP contribution is -2.35. The molecule has 0 saturated carbocycles. The van der Waals surface area contributed by atoms with Gasteiger partial charge in [-0.3, -0.25) is 4.79 Å². The Morgan fingerprint density at radius 1 is 1.42 bits per heavy atom. The predicted octanol–water partition coefficient (Wildman–Crippen LogP) is 2.82. The lowest BCUT2D eigenvalue weighted by Gasteiger charge is -2.25. The van der Waals surface area contributed by atoms with Crippen LogP contribution in [0.25, 0.3) is 0 Å². The lowest BCUT2D eigenvalue weighted by atomic mass is 9.85. The molecule has 2 heterocycles. The van der Waals surface area contributed by atoms with Crippen LogP contribution in [0.3, 0.4) is 0 Å². The number of rotatable bonds is 3. The van der Waals surface area contributed by atoms with E-state index in [1.807, 2.05) is 0 Å². The molecule has 1 aliphatic carbocycles. The van der Waals surface area contributed by atoms with Crippen LogP contribution in [0.4, 0.5) is 13.2 Å². The Morgan fingerprint density at radius 3 is 2.88 bits per heavy atom. The first-order valence-corrected chi connectivity index (χ1v) is 7.58. The average Bonchev–Trinajstić information content (AvgIpc) is 3.03. The fourth-order valence-corrected chi connectivity index (χ4v) is 2.92. The molecule has 5 nitrogen and oxygen atoms in total. The number of alkyl halides is 3. The number of hydrogen-bond donors (Lipinski definition) is 1. The van der Waals surface area contributed by atoms with Crippen molar-refractivity contribution >= 4 is 5.91 Å². The number of furan rings is 1. The van der Waals surface area contributed by atoms with Gasteiger partial charge in [0, 0.05) is 17.2 Å². The quantitative estimate of drug-likeness (QED) is 0.934. The van der Waals surface area contributed by atoms with E-state index in [0.717, 1.165) is 0 Å². The fraction of sp³-hybridized carbons (Fsp3) is 0.438. The number of fused-ring (bicyclic) bond motifs is 1. The minimum Gasteiger partial charge on any atom is -0.467 e. The molecule has 0 aromatic carbocycles. The zero-order valence-corrected chi connectivity index (χ0v) is 13.0. The van der Waals surface area contributed by atoms with Gasteiger partial charge < -0.3 is 9.73 Å². The van der Waals surface area contributed by atoms with Gasteiger partial charge >= 0.3 is 6.18 Å². The van der Waals surface area contributed by atoms with Crippen molar-refractivity contribution < 1.29 is 22.4 Å². The second kappa shape index (κ2) is 6.26. The van der Waals surface area contributed by atoms with Gasteiger partial charge in [0.2, 0.25) is 5.91 Å². The van der Waals surface area contributed by atoms with E-state index in [2.05, 4.69) is 15.3 Å². The Kier molecular flexibility index (Phi) is 4.29. The van der Waals surface area contributed by atoms with Crippen molar-refractivity contribution in [1.29, 1.82) is 0 Å². The smallest absolute Gasteiger partial charge is 0.433 e. The van der Waals surface area contributed by atoms with Crippen molar-refractivity contribution in [1.82, 2.24) is 15.3 Å². The maximum absolute atomic E-state index is 13.2. The van der Waals surface area contributed by atoms with Gasteiger partial charge in [0.05, 0.1) is 12.8 Å². The second-order valence-corrected chi connectivity index (χ2v) is 5.78. The highest BCUT2D eigenvalue weighted by atomic mass is 19.4. The van der Waals surface area contributed by atoms with E-state index in [0.29, 0.717) is 24.3 Å². The number of nitrogens with one attached hydrogen (secondary N) is 1. The van der Waals surface area contributed by atoms with Crippen LogP contribution in [0.5, 0.6) is 0 Å². The maximum atomic E-state index is 13.2. The number of hydrogen-bond acceptors (Lipinski definition) is 4. The highest BCUT2D eigenvalue weighted by Gasteiger charge is 2.39. The van der Waals surface area contributed by atoms with E-state index in [-0.39, 0.29) is 30.3 Å². The summed E-state index contributed by atoms with van der Waals surface area (Å²) in [5.74, 6) is -0.123. The molecule has 0 saturated heterocycles. The topological polar surface area (TPSA) is 68.0 Å². The monoisotopic (exact) mass is 339 g/mol. The van der Waals surface area contributed by atoms with Crippen LogP contribution in [0.15, 0.2) is 22.8 Å². The van der Waals surface area contributed by atoms with Crippen molar-refractivity contribution in [2.24, 2.45) is 5.92 Å². The van der Waals surface area contributed by atoms with Crippen LogP contribution in [0.2, 0.25) is 0 Å². The van der Waals surface area contributed by atoms with E-state index < -0.39 is 17.8 Å². The van der Waals surface area contributed by atoms with Crippen LogP contribution in [-0.4, -0.2) is 15.9 Å². The van der Waals surface area contributed by atoms with Crippen LogP contribution in [-0.2, 0) is 30.4 Å². The molecule has 8 heteroatoms. The summed E-state index contributed by atoms with van der Waals surface area (Å²) in [4.78, 5) is 19.9. The summed E-state index contributed by atoms with van der Waals surface area (Å²) < 4.78 is 44.8. The number of aromatic nitrogens is 2. The third kappa shape index (κ3) is 3.42. The van der Waals surface area contributed by atoms with Gasteiger partial charge in [-0.2, -0.15) is 13.2 Å². The number of nitrogens with zero attached hydrogens (tertiary/aromatic N) is 2. The first-order valence-electron chi connectivity index (χ1n) is 7.58. The van der Waals surface area contributed by atoms with Gasteiger partial charge in [-0.05, 0) is 38.3 Å². The van der Waals surface area contributed by atoms with E-state index in [1.54, 1.807) is 12.1 Å². The number of carbonyl (C=O) groups excluding carboxylic acids is 1. The summed E-state index contributed by atoms with van der Waals surface area (Å²) in [5.41, 5.74) is -0.490. The number of amides is 1. The average molecular weight is 339 g/mol. The molecule has 0 fully saturated rings. The Bertz CT molecular complexity index is 742. The summed E-state index contributed by atoms with van der Waals surface area (Å²) >= 11 is 0. The fourth-order valence-electron chi connectivity index (χ4n) is 2.92. The summed E-state index contributed by atoms with van der Waals surface area (Å²) in [6.07, 6.45) is -2.27. The maximum Gasteiger partial charge on any atom is 0.433 e. The van der Waals surface area contributed by atoms with Gasteiger partial charge in [-0.1, -0.05) is 0 Å². The Morgan fingerprint density at radius 2 is 2.21 bits per heavy atom. The van der Waals surface area contributed by atoms with E-state index >= 15 is 0 Å². The van der Waals surface area contributed by atoms with Crippen LogP contribution < -0.4 is 5.32 Å². The standard InChI is InChI=1S/C16H16F3N3O2/c1-9-21-13-5-4-10(7-12(13)14(22-9)16(17,18)19)15(23)20-8-11-3-2-6-24-11/h2-3,6,10H,4-5,7-8H2,1H3,(H,20,23)/t10-/m0/s1. The first-order chi connectivity index (χ1) is 11.3. The molecule has 128 valence electrons. The molecule has 0 radical (unpaired) electrons. The van der Waals surface area contributed by atoms with Crippen LogP contribution in [0.1, 0.15) is 35.0 Å². The minimum absolute atomic E-state index is 0.00551. The molecule has 3 rings (SSSR count). The molecule has 1 amide bonds. The van der Waals surface area contributed by atoms with Crippen molar-refractivity contribution in [2.75, 3.05) is 0 Å². The third-order valence-electron chi connectivity index (χ3n) is 4.04. The van der Waals surface area contributed by atoms with Gasteiger partial charge in [-0.15, -0.1) is 0 Å². The normalized spacial score (nSPS) is 17.4. The summed E-state index contributed by atoms with van der Waals surface area (Å²) in [7, 11) is 0. The van der Waals surface area contributed by atoms with Crippen molar-refractivity contribution in [3.8, 4) is 0 Å². The molecule has 1 N–H and O–H groups in total. The Labute approximate surface area is 136 Å². The molecule has 2 aromatic heterocycles. The number of carbonyl (C=O) groups is 1. The summed E-state index contributed by atoms with van der Waals surface area (Å²) in [5, 5.41) is 2.70. The highest BCUT2D eigenvalue weighted by molar-refractivity contribution is 5.79. The first kappa shape index (κ1) is 16.5. The lowest BCUT2D eigenvalue weighted by molar-refractivity contribution is -0.142. The SMILES string of the molecule is Cc1nc2c(c(C(F)(F)F)n1)C[C@@H](C(=O)NCc1ccco1)CC2. The minimum atomic E-state index is -4.55. The summed E-state index contributed by atoms with van der Waals surface area (Å²) in [6, 6.07) is 3.42. The van der Waals surface area contributed by atoms with Gasteiger partial charge in [-0.25, -0.2) is 9.97 Å². The number of aryl methyl sites for hydroxylation is 2. The van der Waals surface area contributed by atoms with Crippen LogP contribution >= 0.6 is 0 Å². The van der Waals surface area contributed by atoms with Gasteiger partial charge in [0.15, 0.2) is 5.69 Å². The third-order valence-corrected chi connectivity index (χ3v) is 4.04. The molecule has 0 unspecified atom stereocenters.